The highest BCUT2D eigenvalue weighted by Crippen LogP contribution is 2.37. The van der Waals surface area contributed by atoms with Gasteiger partial charge < -0.3 is 20.9 Å². The van der Waals surface area contributed by atoms with Crippen molar-refractivity contribution in [1.82, 2.24) is 35.1 Å². The molecule has 0 amide bonds. The van der Waals surface area contributed by atoms with Gasteiger partial charge in [-0.1, -0.05) is 6.08 Å². The van der Waals surface area contributed by atoms with Crippen molar-refractivity contribution in [2.24, 2.45) is 9.98 Å². The van der Waals surface area contributed by atoms with Crippen molar-refractivity contribution in [2.75, 3.05) is 16.0 Å². The molecular weight excluding hydrogens is 714 g/mol. The minimum atomic E-state index is -4.62. The van der Waals surface area contributed by atoms with E-state index < -0.39 is 30.0 Å². The highest BCUT2D eigenvalue weighted by Gasteiger charge is 2.38. The van der Waals surface area contributed by atoms with Gasteiger partial charge in [-0.15, -0.1) is 0 Å². The Morgan fingerprint density at radius 3 is 1.96 bits per heavy atom. The summed E-state index contributed by atoms with van der Waals surface area (Å²) in [6.45, 7) is 7.85. The Morgan fingerprint density at radius 2 is 1.39 bits per heavy atom. The normalized spacial score (nSPS) is 21.1. The number of guanidine groups is 1. The number of hydrogen-bond acceptors (Lipinski definition) is 12. The van der Waals surface area contributed by atoms with E-state index in [0.717, 1.165) is 55.8 Å². The zero-order valence-corrected chi connectivity index (χ0v) is 30.4. The molecule has 18 heteroatoms. The fourth-order valence-corrected chi connectivity index (χ4v) is 6.71. The van der Waals surface area contributed by atoms with Crippen LogP contribution in [0.1, 0.15) is 102 Å². The highest BCUT2D eigenvalue weighted by atomic mass is 19.4. The van der Waals surface area contributed by atoms with E-state index in [2.05, 4.69) is 47.3 Å². The number of pyridine rings is 2. The van der Waals surface area contributed by atoms with Crippen molar-refractivity contribution in [1.29, 1.82) is 0 Å². The monoisotopic (exact) mass is 758 g/mol. The van der Waals surface area contributed by atoms with Crippen LogP contribution in [0.25, 0.3) is 0 Å². The van der Waals surface area contributed by atoms with Crippen LogP contribution in [0.5, 0.6) is 0 Å². The number of rotatable bonds is 10. The van der Waals surface area contributed by atoms with Crippen molar-refractivity contribution in [3.8, 4) is 0 Å². The summed E-state index contributed by atoms with van der Waals surface area (Å²) in [6.07, 6.45) is 0.867. The van der Waals surface area contributed by atoms with Crippen LogP contribution in [0.2, 0.25) is 0 Å². The van der Waals surface area contributed by atoms with E-state index in [1.165, 1.54) is 12.1 Å². The molecule has 1 fully saturated rings. The first-order valence-corrected chi connectivity index (χ1v) is 18.2. The molecule has 1 aliphatic heterocycles. The van der Waals surface area contributed by atoms with Gasteiger partial charge in [-0.3, -0.25) is 15.3 Å². The first-order valence-electron chi connectivity index (χ1n) is 18.2. The zero-order valence-electron chi connectivity index (χ0n) is 30.4. The topological polar surface area (TPSA) is 141 Å². The van der Waals surface area contributed by atoms with Gasteiger partial charge in [0.15, 0.2) is 12.1 Å². The van der Waals surface area contributed by atoms with Crippen LogP contribution >= 0.6 is 0 Å². The molecule has 2 aliphatic carbocycles. The number of nitrogens with zero attached hydrogens (tertiary/aromatic N) is 8. The summed E-state index contributed by atoms with van der Waals surface area (Å²) in [7, 11) is 0. The molecule has 4 N–H and O–H groups in total. The van der Waals surface area contributed by atoms with Crippen LogP contribution in [-0.4, -0.2) is 66.0 Å². The minimum absolute atomic E-state index is 0.0203. The fourth-order valence-electron chi connectivity index (χ4n) is 6.71. The predicted molar refractivity (Wildman–Crippen MR) is 194 cm³/mol. The van der Waals surface area contributed by atoms with Crippen molar-refractivity contribution < 1.29 is 26.3 Å². The summed E-state index contributed by atoms with van der Waals surface area (Å²) in [5.41, 5.74) is -0.723. The lowest BCUT2D eigenvalue weighted by Crippen LogP contribution is -2.58. The highest BCUT2D eigenvalue weighted by molar-refractivity contribution is 6.10. The molecular formula is C36H44F6N12. The SMILES string of the molecule is CC(C)Nc1nc(Nc2ccnc(C(F)(F)F)c2)nc(C2CCC(N3C(Nc4ccnc(C(F)(F)F)c4)=NC(C4=CCCCC4)=NC3NC(C)C)CC2)n1. The van der Waals surface area contributed by atoms with E-state index in [9.17, 15) is 26.3 Å². The summed E-state index contributed by atoms with van der Waals surface area (Å²) in [5.74, 6) is 1.69. The fraction of sp³-hybridized carbons (Fsp3) is 0.528. The zero-order chi connectivity index (χ0) is 38.6. The van der Waals surface area contributed by atoms with Gasteiger partial charge in [0.05, 0.1) is 0 Å². The number of aliphatic imine (C=N–C) groups is 2. The van der Waals surface area contributed by atoms with Gasteiger partial charge in [-0.25, -0.2) is 4.99 Å². The average molecular weight is 759 g/mol. The van der Waals surface area contributed by atoms with Crippen LogP contribution in [0.4, 0.5) is 49.6 Å². The molecule has 4 heterocycles. The molecule has 0 spiro atoms. The Hall–Kier alpha value is -4.87. The summed E-state index contributed by atoms with van der Waals surface area (Å²) in [5, 5.41) is 12.8. The van der Waals surface area contributed by atoms with Gasteiger partial charge in [0.1, 0.15) is 17.2 Å². The quantitative estimate of drug-likeness (QED) is 0.150. The van der Waals surface area contributed by atoms with Crippen molar-refractivity contribution in [3.63, 3.8) is 0 Å². The molecule has 3 aliphatic rings. The number of anilines is 4. The van der Waals surface area contributed by atoms with Gasteiger partial charge >= 0.3 is 12.4 Å². The number of alkyl halides is 6. The van der Waals surface area contributed by atoms with Crippen molar-refractivity contribution in [2.45, 2.75) is 122 Å². The number of hydrogen-bond donors (Lipinski definition) is 4. The van der Waals surface area contributed by atoms with Crippen LogP contribution in [0, 0.1) is 0 Å². The second kappa shape index (κ2) is 16.2. The molecule has 6 rings (SSSR count). The Kier molecular flexibility index (Phi) is 11.7. The van der Waals surface area contributed by atoms with Gasteiger partial charge in [0.2, 0.25) is 17.9 Å². The van der Waals surface area contributed by atoms with E-state index in [-0.39, 0.29) is 47.3 Å². The molecule has 290 valence electrons. The summed E-state index contributed by atoms with van der Waals surface area (Å²) in [6, 6.07) is 4.62. The Bertz CT molecular complexity index is 1860. The molecule has 0 bridgehead atoms. The second-order valence-electron chi connectivity index (χ2n) is 14.2. The van der Waals surface area contributed by atoms with Gasteiger partial charge in [-0.05, 0) is 109 Å². The molecule has 54 heavy (non-hydrogen) atoms. The Morgan fingerprint density at radius 1 is 0.759 bits per heavy atom. The van der Waals surface area contributed by atoms with Gasteiger partial charge in [-0.2, -0.15) is 46.3 Å². The van der Waals surface area contributed by atoms with Gasteiger partial charge in [0, 0.05) is 47.8 Å². The maximum atomic E-state index is 13.6. The lowest BCUT2D eigenvalue weighted by Gasteiger charge is -2.44. The molecule has 0 saturated heterocycles. The van der Waals surface area contributed by atoms with E-state index in [1.54, 1.807) is 0 Å². The van der Waals surface area contributed by atoms with E-state index in [4.69, 9.17) is 15.0 Å². The third-order valence-electron chi connectivity index (χ3n) is 9.16. The van der Waals surface area contributed by atoms with E-state index in [0.29, 0.717) is 43.3 Å². The largest absolute Gasteiger partial charge is 0.433 e. The second-order valence-corrected chi connectivity index (χ2v) is 14.2. The maximum absolute atomic E-state index is 13.6. The molecule has 12 nitrogen and oxygen atoms in total. The van der Waals surface area contributed by atoms with Crippen LogP contribution in [0.15, 0.2) is 58.3 Å². The third kappa shape index (κ3) is 9.81. The van der Waals surface area contributed by atoms with Crippen molar-refractivity contribution >= 4 is 35.1 Å². The number of amidine groups is 1. The smallest absolute Gasteiger partial charge is 0.352 e. The Balaban J connectivity index is 1.28. The lowest BCUT2D eigenvalue weighted by atomic mass is 9.84. The molecule has 3 aromatic heterocycles. The summed E-state index contributed by atoms with van der Waals surface area (Å²) >= 11 is 0. The van der Waals surface area contributed by atoms with Crippen LogP contribution in [0.3, 0.4) is 0 Å². The van der Waals surface area contributed by atoms with Crippen molar-refractivity contribution in [3.05, 3.63) is 65.5 Å². The van der Waals surface area contributed by atoms with Crippen LogP contribution in [-0.2, 0) is 12.4 Å². The first kappa shape index (κ1) is 38.8. The van der Waals surface area contributed by atoms with E-state index in [1.807, 2.05) is 32.6 Å². The molecule has 3 aromatic rings. The van der Waals surface area contributed by atoms with Crippen LogP contribution < -0.4 is 21.3 Å². The number of aromatic nitrogens is 5. The van der Waals surface area contributed by atoms with E-state index >= 15 is 0 Å². The minimum Gasteiger partial charge on any atom is -0.352 e. The van der Waals surface area contributed by atoms with Gasteiger partial charge in [0.25, 0.3) is 0 Å². The number of nitrogens with one attached hydrogen (secondary N) is 4. The molecule has 1 unspecified atom stereocenters. The molecule has 0 radical (unpaired) electrons. The molecule has 1 atom stereocenters. The third-order valence-corrected chi connectivity index (χ3v) is 9.16. The number of allylic oxidation sites excluding steroid dienone is 1. The first-order chi connectivity index (χ1) is 25.6. The lowest BCUT2D eigenvalue weighted by molar-refractivity contribution is -0.141. The summed E-state index contributed by atoms with van der Waals surface area (Å²) in [4.78, 5) is 32.7. The Labute approximate surface area is 309 Å². The number of halogens is 6. The molecule has 0 aromatic carbocycles. The molecule has 1 saturated carbocycles. The maximum Gasteiger partial charge on any atom is 0.433 e. The average Bonchev–Trinajstić information content (AvgIpc) is 3.11. The predicted octanol–water partition coefficient (Wildman–Crippen LogP) is 8.25. The standard InChI is InChI=1S/C36H44F6N12/c1-20(2)45-31-49-29(50-32(53-31)47-24-14-16-43-27(18-24)35(37,38)39)23-10-12-26(13-11-23)54-33(46-21(3)4)51-30(22-8-6-5-7-9-22)52-34(54)48-25-15-17-44-28(19-25)36(40,41)42/h8,14-21,23,26,33,46H,5-7,9-13H2,1-4H3,(H,44,48,51,52)(H2,43,45,47,49,50,53). The summed E-state index contributed by atoms with van der Waals surface area (Å²) < 4.78 is 81.0.